The fourth-order valence-electron chi connectivity index (χ4n) is 3.59. The van der Waals surface area contributed by atoms with Crippen LogP contribution in [0.3, 0.4) is 0 Å². The molecule has 0 bridgehead atoms. The van der Waals surface area contributed by atoms with E-state index in [1.165, 1.54) is 5.56 Å². The van der Waals surface area contributed by atoms with E-state index in [1.54, 1.807) is 24.4 Å². The molecule has 134 valence electrons. The number of halogens is 1. The minimum atomic E-state index is -0.204. The Morgan fingerprint density at radius 3 is 2.62 bits per heavy atom. The van der Waals surface area contributed by atoms with E-state index in [-0.39, 0.29) is 5.82 Å². The smallest absolute Gasteiger partial charge is 0.132 e. The Morgan fingerprint density at radius 2 is 1.81 bits per heavy atom. The van der Waals surface area contributed by atoms with Gasteiger partial charge >= 0.3 is 0 Å². The molecule has 0 atom stereocenters. The fraction of sp³-hybridized carbons (Fsp3) is 0.318. The summed E-state index contributed by atoms with van der Waals surface area (Å²) in [6.45, 7) is 3.47. The average molecular weight is 350 g/mol. The van der Waals surface area contributed by atoms with Crippen molar-refractivity contribution in [2.45, 2.75) is 32.1 Å². The van der Waals surface area contributed by atoms with Gasteiger partial charge < -0.3 is 4.74 Å². The van der Waals surface area contributed by atoms with Crippen molar-refractivity contribution >= 4 is 10.9 Å². The van der Waals surface area contributed by atoms with Gasteiger partial charge in [-0.15, -0.1) is 0 Å². The van der Waals surface area contributed by atoms with Gasteiger partial charge in [-0.2, -0.15) is 0 Å². The number of aromatic nitrogens is 1. The molecule has 1 aliphatic rings. The topological polar surface area (TPSA) is 25.4 Å². The van der Waals surface area contributed by atoms with Crippen molar-refractivity contribution in [3.63, 3.8) is 0 Å². The lowest BCUT2D eigenvalue weighted by Crippen LogP contribution is -2.36. The first-order valence-corrected chi connectivity index (χ1v) is 9.19. The Kier molecular flexibility index (Phi) is 5.23. The van der Waals surface area contributed by atoms with Crippen molar-refractivity contribution in [2.24, 2.45) is 0 Å². The summed E-state index contributed by atoms with van der Waals surface area (Å²) in [6, 6.07) is 17.3. The van der Waals surface area contributed by atoms with Crippen LogP contribution in [0.1, 0.15) is 24.0 Å². The number of hydrogen-bond donors (Lipinski definition) is 0. The second-order valence-corrected chi connectivity index (χ2v) is 6.88. The van der Waals surface area contributed by atoms with Gasteiger partial charge in [0.25, 0.3) is 0 Å². The third kappa shape index (κ3) is 3.92. The Morgan fingerprint density at radius 1 is 1.00 bits per heavy atom. The highest BCUT2D eigenvalue weighted by Gasteiger charge is 2.20. The first-order valence-electron chi connectivity index (χ1n) is 9.19. The highest BCUT2D eigenvalue weighted by molar-refractivity contribution is 5.82. The summed E-state index contributed by atoms with van der Waals surface area (Å²) >= 11 is 0. The Bertz CT molecular complexity index is 860. The first-order chi connectivity index (χ1) is 12.8. The van der Waals surface area contributed by atoms with Crippen molar-refractivity contribution in [1.29, 1.82) is 0 Å². The molecule has 0 amide bonds. The fourth-order valence-corrected chi connectivity index (χ4v) is 3.59. The minimum Gasteiger partial charge on any atom is -0.373 e. The summed E-state index contributed by atoms with van der Waals surface area (Å²) in [4.78, 5) is 6.80. The molecule has 0 spiro atoms. The van der Waals surface area contributed by atoms with Gasteiger partial charge in [-0.25, -0.2) is 4.39 Å². The Balaban J connectivity index is 1.34. The molecule has 2 heterocycles. The van der Waals surface area contributed by atoms with E-state index in [0.717, 1.165) is 43.6 Å². The third-order valence-corrected chi connectivity index (χ3v) is 5.06. The largest absolute Gasteiger partial charge is 0.373 e. The van der Waals surface area contributed by atoms with Gasteiger partial charge in [0.1, 0.15) is 5.82 Å². The molecule has 3 nitrogen and oxygen atoms in total. The normalized spacial score (nSPS) is 16.2. The second kappa shape index (κ2) is 7.94. The van der Waals surface area contributed by atoms with Gasteiger partial charge in [0, 0.05) is 31.2 Å². The van der Waals surface area contributed by atoms with E-state index in [1.807, 2.05) is 24.3 Å². The van der Waals surface area contributed by atoms with Crippen molar-refractivity contribution in [2.75, 3.05) is 13.1 Å². The molecule has 1 saturated heterocycles. The third-order valence-electron chi connectivity index (χ3n) is 5.06. The van der Waals surface area contributed by atoms with E-state index in [9.17, 15) is 4.39 Å². The molecule has 4 rings (SSSR count). The highest BCUT2D eigenvalue weighted by Crippen LogP contribution is 2.23. The maximum Gasteiger partial charge on any atom is 0.132 e. The van der Waals surface area contributed by atoms with Crippen LogP contribution in [0.5, 0.6) is 0 Å². The zero-order valence-corrected chi connectivity index (χ0v) is 14.8. The van der Waals surface area contributed by atoms with E-state index < -0.39 is 0 Å². The van der Waals surface area contributed by atoms with Crippen LogP contribution >= 0.6 is 0 Å². The van der Waals surface area contributed by atoms with Gasteiger partial charge in [0.2, 0.25) is 0 Å². The maximum absolute atomic E-state index is 14.0. The number of piperidine rings is 1. The summed E-state index contributed by atoms with van der Waals surface area (Å²) in [5.41, 5.74) is 3.08. The molecule has 0 aliphatic carbocycles. The van der Waals surface area contributed by atoms with Gasteiger partial charge in [-0.05, 0) is 42.2 Å². The van der Waals surface area contributed by atoms with Crippen LogP contribution in [-0.2, 0) is 17.9 Å². The van der Waals surface area contributed by atoms with Crippen molar-refractivity contribution in [3.05, 3.63) is 77.7 Å². The number of benzene rings is 2. The van der Waals surface area contributed by atoms with Crippen LogP contribution in [0.2, 0.25) is 0 Å². The number of likely N-dealkylation sites (tertiary alicyclic amines) is 1. The molecule has 26 heavy (non-hydrogen) atoms. The molecule has 0 unspecified atom stereocenters. The van der Waals surface area contributed by atoms with E-state index in [2.05, 4.69) is 22.0 Å². The minimum absolute atomic E-state index is 0.204. The van der Waals surface area contributed by atoms with Crippen molar-refractivity contribution < 1.29 is 9.13 Å². The predicted molar refractivity (Wildman–Crippen MR) is 101 cm³/mol. The standard InChI is InChI=1S/C22H23FN2O/c23-21-9-8-18(22-20(21)7-4-12-24-22)15-25-13-10-19(11-14-25)26-16-17-5-2-1-3-6-17/h1-9,12,19H,10-11,13-16H2. The summed E-state index contributed by atoms with van der Waals surface area (Å²) in [6.07, 6.45) is 4.10. The number of hydrogen-bond acceptors (Lipinski definition) is 3. The Hall–Kier alpha value is -2.30. The molecule has 0 saturated carbocycles. The van der Waals surface area contributed by atoms with Crippen LogP contribution < -0.4 is 0 Å². The van der Waals surface area contributed by atoms with Crippen LogP contribution in [-0.4, -0.2) is 29.1 Å². The van der Waals surface area contributed by atoms with Gasteiger partial charge in [-0.3, -0.25) is 9.88 Å². The molecule has 0 radical (unpaired) electrons. The maximum atomic E-state index is 14.0. The van der Waals surface area contributed by atoms with Gasteiger partial charge in [0.05, 0.1) is 18.2 Å². The summed E-state index contributed by atoms with van der Waals surface area (Å²) in [5.74, 6) is -0.204. The van der Waals surface area contributed by atoms with Gasteiger partial charge in [0.15, 0.2) is 0 Å². The molecular weight excluding hydrogens is 327 g/mol. The SMILES string of the molecule is Fc1ccc(CN2CCC(OCc3ccccc3)CC2)c2ncccc12. The zero-order chi connectivity index (χ0) is 17.8. The second-order valence-electron chi connectivity index (χ2n) is 6.88. The number of rotatable bonds is 5. The zero-order valence-electron chi connectivity index (χ0n) is 14.8. The monoisotopic (exact) mass is 350 g/mol. The van der Waals surface area contributed by atoms with E-state index in [4.69, 9.17) is 4.74 Å². The molecule has 4 heteroatoms. The van der Waals surface area contributed by atoms with E-state index in [0.29, 0.717) is 18.1 Å². The molecule has 2 aromatic carbocycles. The molecule has 1 fully saturated rings. The quantitative estimate of drug-likeness (QED) is 0.675. The van der Waals surface area contributed by atoms with Crippen LogP contribution in [0.15, 0.2) is 60.8 Å². The molecule has 1 aliphatic heterocycles. The van der Waals surface area contributed by atoms with Crippen LogP contribution in [0, 0.1) is 5.82 Å². The summed E-state index contributed by atoms with van der Waals surface area (Å²) < 4.78 is 20.0. The lowest BCUT2D eigenvalue weighted by molar-refractivity contribution is -0.00387. The first kappa shape index (κ1) is 17.1. The average Bonchev–Trinajstić information content (AvgIpc) is 2.71. The lowest BCUT2D eigenvalue weighted by Gasteiger charge is -2.32. The highest BCUT2D eigenvalue weighted by atomic mass is 19.1. The summed E-state index contributed by atoms with van der Waals surface area (Å²) in [5, 5.41) is 0.603. The molecular formula is C22H23FN2O. The number of ether oxygens (including phenoxy) is 1. The lowest BCUT2D eigenvalue weighted by atomic mass is 10.0. The van der Waals surface area contributed by atoms with Crippen LogP contribution in [0.25, 0.3) is 10.9 Å². The predicted octanol–water partition coefficient (Wildman–Crippen LogP) is 4.56. The molecule has 1 aromatic heterocycles. The van der Waals surface area contributed by atoms with Crippen molar-refractivity contribution in [1.82, 2.24) is 9.88 Å². The van der Waals surface area contributed by atoms with Crippen molar-refractivity contribution in [3.8, 4) is 0 Å². The molecule has 0 N–H and O–H groups in total. The number of pyridine rings is 1. The Labute approximate surface area is 153 Å². The molecule has 3 aromatic rings. The van der Waals surface area contributed by atoms with E-state index >= 15 is 0 Å². The van der Waals surface area contributed by atoms with Crippen LogP contribution in [0.4, 0.5) is 4.39 Å². The summed E-state index contributed by atoms with van der Waals surface area (Å²) in [7, 11) is 0. The number of fused-ring (bicyclic) bond motifs is 1. The van der Waals surface area contributed by atoms with Gasteiger partial charge in [-0.1, -0.05) is 36.4 Å². The number of nitrogens with zero attached hydrogens (tertiary/aromatic N) is 2.